The van der Waals surface area contributed by atoms with Gasteiger partial charge in [-0.25, -0.2) is 9.97 Å². The van der Waals surface area contributed by atoms with Crippen LogP contribution in [0, 0.1) is 0 Å². The number of hydrogen-bond acceptors (Lipinski definition) is 15. The predicted molar refractivity (Wildman–Crippen MR) is 148 cm³/mol. The fourth-order valence-corrected chi connectivity index (χ4v) is 7.62. The van der Waals surface area contributed by atoms with E-state index in [-0.39, 0.29) is 28.4 Å². The third-order valence-corrected chi connectivity index (χ3v) is 9.78. The Balaban J connectivity index is 1.29. The third kappa shape index (κ3) is 5.19. The molecule has 6 heterocycles. The summed E-state index contributed by atoms with van der Waals surface area (Å²) in [7, 11) is -8.22. The van der Waals surface area contributed by atoms with Crippen LogP contribution in [-0.2, 0) is 27.7 Å². The molecule has 2 fully saturated rings. The summed E-state index contributed by atoms with van der Waals surface area (Å²) in [5, 5.41) is 32.2. The molecule has 3 unspecified atom stereocenters. The molecule has 0 bridgehead atoms. The summed E-state index contributed by atoms with van der Waals surface area (Å²) in [6.45, 7) is -1.51. The molecular formula is C22H27N8O12P2+. The average molecular weight is 657 g/mol. The zero-order chi connectivity index (χ0) is 31.5. The van der Waals surface area contributed by atoms with Gasteiger partial charge in [0.05, 0.1) is 24.0 Å². The van der Waals surface area contributed by atoms with Crippen LogP contribution in [-0.4, -0.2) is 104 Å². The van der Waals surface area contributed by atoms with Crippen molar-refractivity contribution in [2.75, 3.05) is 24.7 Å². The van der Waals surface area contributed by atoms with Gasteiger partial charge in [-0.15, -0.1) is 9.42 Å². The Hall–Kier alpha value is -3.39. The molecule has 10 N–H and O–H groups in total. The van der Waals surface area contributed by atoms with Crippen LogP contribution in [0.4, 0.5) is 11.8 Å². The molecule has 22 heteroatoms. The van der Waals surface area contributed by atoms with Crippen LogP contribution < -0.4 is 17.0 Å². The maximum atomic E-state index is 13.7. The third-order valence-electron chi connectivity index (χ3n) is 7.53. The Labute approximate surface area is 246 Å². The van der Waals surface area contributed by atoms with Crippen molar-refractivity contribution in [3.05, 3.63) is 41.2 Å². The summed E-state index contributed by atoms with van der Waals surface area (Å²) in [5.74, 6) is -0.0938. The average Bonchev–Trinajstić information content (AvgIpc) is 3.72. The van der Waals surface area contributed by atoms with Crippen LogP contribution >= 0.6 is 15.9 Å². The topological polar surface area (TPSA) is 306 Å². The Morgan fingerprint density at radius 1 is 1.05 bits per heavy atom. The van der Waals surface area contributed by atoms with Crippen molar-refractivity contribution < 1.29 is 52.8 Å². The smallest absolute Gasteiger partial charge is 0.394 e. The van der Waals surface area contributed by atoms with Crippen LogP contribution in [0.5, 0.6) is 0 Å². The lowest BCUT2D eigenvalue weighted by atomic mass is 10.1. The van der Waals surface area contributed by atoms with Crippen molar-refractivity contribution in [1.29, 1.82) is 0 Å². The van der Waals surface area contributed by atoms with Crippen molar-refractivity contribution in [2.24, 2.45) is 0 Å². The van der Waals surface area contributed by atoms with E-state index in [1.807, 2.05) is 0 Å². The minimum absolute atomic E-state index is 0.0271. The number of aliphatic hydroxyl groups excluding tert-OH is 3. The number of aromatic nitrogens is 6. The van der Waals surface area contributed by atoms with Gasteiger partial charge in [-0.05, 0) is 12.1 Å². The van der Waals surface area contributed by atoms with Crippen molar-refractivity contribution >= 4 is 49.7 Å². The Kier molecular flexibility index (Phi) is 8.02. The van der Waals surface area contributed by atoms with Crippen molar-refractivity contribution in [3.8, 4) is 0 Å². The van der Waals surface area contributed by atoms with Crippen molar-refractivity contribution in [2.45, 2.75) is 48.6 Å². The second-order valence-electron chi connectivity index (χ2n) is 10.1. The largest absolute Gasteiger partial charge is 0.695 e. The summed E-state index contributed by atoms with van der Waals surface area (Å²) in [6.07, 6.45) is -6.30. The molecule has 2 saturated heterocycles. The van der Waals surface area contributed by atoms with E-state index in [0.717, 1.165) is 0 Å². The van der Waals surface area contributed by atoms with Gasteiger partial charge in [0.15, 0.2) is 24.2 Å². The number of aliphatic hydroxyl groups is 3. The molecule has 4 aromatic rings. The lowest BCUT2D eigenvalue weighted by Crippen LogP contribution is -2.37. The molecule has 0 spiro atoms. The first-order chi connectivity index (χ1) is 20.9. The molecule has 2 aliphatic heterocycles. The van der Waals surface area contributed by atoms with Gasteiger partial charge < -0.3 is 54.8 Å². The van der Waals surface area contributed by atoms with Gasteiger partial charge in [-0.3, -0.25) is 14.3 Å². The second-order valence-corrected chi connectivity index (χ2v) is 12.8. The van der Waals surface area contributed by atoms with E-state index in [9.17, 15) is 39.0 Å². The highest BCUT2D eigenvalue weighted by Gasteiger charge is 2.56. The fraction of sp³-hybridized carbons (Fsp3) is 0.455. The molecule has 10 atom stereocenters. The van der Waals surface area contributed by atoms with Gasteiger partial charge in [0, 0.05) is 17.0 Å². The van der Waals surface area contributed by atoms with Crippen LogP contribution in [0.1, 0.15) is 12.5 Å². The van der Waals surface area contributed by atoms with Gasteiger partial charge in [-0.1, -0.05) is 0 Å². The first kappa shape index (κ1) is 30.6. The van der Waals surface area contributed by atoms with E-state index in [2.05, 4.69) is 19.9 Å². The molecular weight excluding hydrogens is 630 g/mol. The monoisotopic (exact) mass is 657 g/mol. The van der Waals surface area contributed by atoms with Crippen molar-refractivity contribution in [1.82, 2.24) is 29.1 Å². The molecule has 0 aromatic carbocycles. The Morgan fingerprint density at radius 2 is 1.73 bits per heavy atom. The highest BCUT2D eigenvalue weighted by atomic mass is 31.2. The summed E-state index contributed by atoms with van der Waals surface area (Å²) in [5.41, 5.74) is 9.47. The number of anilines is 2. The molecule has 0 radical (unpaired) electrons. The van der Waals surface area contributed by atoms with Gasteiger partial charge in [0.25, 0.3) is 5.56 Å². The minimum Gasteiger partial charge on any atom is -0.394 e. The first-order valence-corrected chi connectivity index (χ1v) is 15.7. The van der Waals surface area contributed by atoms with E-state index in [1.54, 1.807) is 6.07 Å². The normalized spacial score (nSPS) is 30.7. The number of rotatable bonds is 9. The van der Waals surface area contributed by atoms with Gasteiger partial charge in [-0.2, -0.15) is 4.98 Å². The van der Waals surface area contributed by atoms with Crippen LogP contribution in [0.25, 0.3) is 22.1 Å². The predicted octanol–water partition coefficient (Wildman–Crippen LogP) is -1.55. The second kappa shape index (κ2) is 11.5. The standard InChI is InChI=1S/C22H26N8O12P2/c23-16-8-1-3-29(17(8)26-7-25-16)20-13(33)14(42-43(35)36)11(41-20)6-39-44(37,38)15-12(32)10(5-31)40-21(15)30-4-2-9-18(30)27-22(24)28-19(9)34/h1-4,7,10-15,20-21,31-33H,5-6H2,(H6-,23,24,25,26,27,28,34,35,36,37,38)/p+1/t10?,11-,12-,13-,14-,15-,20-,21-/m1/s1. The number of ether oxygens (including phenoxy) is 2. The SMILES string of the molecule is Nc1nc2c(ccn2[C@@H]2OC(CO)[C@@H](O)[C@H]2P(=O)(O)OC[C@H]2O[C@@H](n3ccc4c(N)ncnc43)[C@H](O)[C@@H]2O[P+](=O)O)c(=O)[nH]1. The summed E-state index contributed by atoms with van der Waals surface area (Å²) >= 11 is 0. The van der Waals surface area contributed by atoms with E-state index >= 15 is 0 Å². The first-order valence-electron chi connectivity index (χ1n) is 12.9. The summed E-state index contributed by atoms with van der Waals surface area (Å²) in [4.78, 5) is 47.3. The number of nitrogens with one attached hydrogen (secondary N) is 1. The number of fused-ring (bicyclic) bond motifs is 2. The maximum Gasteiger partial charge on any atom is 0.695 e. The summed E-state index contributed by atoms with van der Waals surface area (Å²) in [6, 6.07) is 2.92. The summed E-state index contributed by atoms with van der Waals surface area (Å²) < 4.78 is 49.9. The van der Waals surface area contributed by atoms with Gasteiger partial charge in [0.1, 0.15) is 47.9 Å². The molecule has 4 aromatic heterocycles. The molecule has 0 saturated carbocycles. The molecule has 0 aliphatic carbocycles. The quantitative estimate of drug-likeness (QED) is 0.0944. The van der Waals surface area contributed by atoms with E-state index in [1.165, 1.54) is 33.9 Å². The van der Waals surface area contributed by atoms with E-state index < -0.39 is 83.3 Å². The molecule has 44 heavy (non-hydrogen) atoms. The zero-order valence-corrected chi connectivity index (χ0v) is 24.1. The number of nitrogen functional groups attached to an aromatic ring is 2. The van der Waals surface area contributed by atoms with Gasteiger partial charge >= 0.3 is 15.9 Å². The highest BCUT2D eigenvalue weighted by molar-refractivity contribution is 7.53. The number of hydrogen-bond donors (Lipinski definition) is 8. The fourth-order valence-electron chi connectivity index (χ4n) is 5.51. The molecule has 0 amide bonds. The zero-order valence-electron chi connectivity index (χ0n) is 22.3. The highest BCUT2D eigenvalue weighted by Crippen LogP contribution is 2.57. The Morgan fingerprint density at radius 3 is 2.43 bits per heavy atom. The van der Waals surface area contributed by atoms with Crippen LogP contribution in [0.3, 0.4) is 0 Å². The molecule has 20 nitrogen and oxygen atoms in total. The number of aromatic amines is 1. The Bertz CT molecular complexity index is 1830. The van der Waals surface area contributed by atoms with E-state index in [4.69, 9.17) is 30.0 Å². The molecule has 236 valence electrons. The van der Waals surface area contributed by atoms with Crippen LogP contribution in [0.2, 0.25) is 0 Å². The number of nitrogens with zero attached hydrogens (tertiary/aromatic N) is 5. The van der Waals surface area contributed by atoms with Crippen molar-refractivity contribution in [3.63, 3.8) is 0 Å². The van der Waals surface area contributed by atoms with Gasteiger partial charge in [0.2, 0.25) is 5.95 Å². The lowest BCUT2D eigenvalue weighted by Gasteiger charge is -2.27. The number of nitrogens with two attached hydrogens (primary N) is 2. The molecule has 2 aliphatic rings. The number of H-pyrrole nitrogens is 1. The van der Waals surface area contributed by atoms with E-state index in [0.29, 0.717) is 5.39 Å². The lowest BCUT2D eigenvalue weighted by molar-refractivity contribution is -0.0488. The van der Waals surface area contributed by atoms with Crippen LogP contribution in [0.15, 0.2) is 35.6 Å². The molecule has 6 rings (SSSR count). The maximum absolute atomic E-state index is 13.7. The minimum atomic E-state index is -4.95.